The first-order valence-electron chi connectivity index (χ1n) is 7.16. The highest BCUT2D eigenvalue weighted by molar-refractivity contribution is 5.93. The molecule has 5 heteroatoms. The number of amides is 1. The Labute approximate surface area is 123 Å². The molecule has 0 radical (unpaired) electrons. The zero-order valence-electron chi connectivity index (χ0n) is 12.0. The molecule has 1 aromatic carbocycles. The number of aryl methyl sites for hydroxylation is 1. The van der Waals surface area contributed by atoms with Crippen LogP contribution in [0.15, 0.2) is 30.6 Å². The lowest BCUT2D eigenvalue weighted by molar-refractivity contribution is 0.0787. The van der Waals surface area contributed by atoms with E-state index in [2.05, 4.69) is 10.2 Å². The fourth-order valence-electron chi connectivity index (χ4n) is 2.90. The molecule has 1 fully saturated rings. The van der Waals surface area contributed by atoms with E-state index in [0.717, 1.165) is 31.5 Å². The largest absolute Gasteiger partial charge is 0.338 e. The van der Waals surface area contributed by atoms with Gasteiger partial charge in [0.1, 0.15) is 5.82 Å². The lowest BCUT2D eigenvalue weighted by atomic mass is 9.97. The second kappa shape index (κ2) is 5.68. The molecular weight excluding hydrogens is 269 g/mol. The van der Waals surface area contributed by atoms with Crippen molar-refractivity contribution in [2.45, 2.75) is 19.8 Å². The number of halogens is 1. The molecule has 3 rings (SSSR count). The summed E-state index contributed by atoms with van der Waals surface area (Å²) in [4.78, 5) is 14.1. The minimum Gasteiger partial charge on any atom is -0.338 e. The minimum atomic E-state index is -0.165. The van der Waals surface area contributed by atoms with Crippen LogP contribution < -0.4 is 0 Å². The Morgan fingerprint density at radius 2 is 2.38 bits per heavy atom. The molecular formula is C16H18FN3O. The number of aromatic amines is 1. The van der Waals surface area contributed by atoms with Crippen molar-refractivity contribution < 1.29 is 9.18 Å². The molecule has 0 spiro atoms. The Hall–Kier alpha value is -2.17. The van der Waals surface area contributed by atoms with Crippen molar-refractivity contribution in [1.82, 2.24) is 15.1 Å². The number of nitrogens with zero attached hydrogens (tertiary/aromatic N) is 2. The molecule has 21 heavy (non-hydrogen) atoms. The average molecular weight is 287 g/mol. The fraction of sp³-hybridized carbons (Fsp3) is 0.375. The van der Waals surface area contributed by atoms with Crippen LogP contribution >= 0.6 is 0 Å². The molecule has 1 unspecified atom stereocenters. The van der Waals surface area contributed by atoms with Crippen LogP contribution in [-0.4, -0.2) is 34.1 Å². The second-order valence-corrected chi connectivity index (χ2v) is 5.68. The van der Waals surface area contributed by atoms with Crippen molar-refractivity contribution in [3.8, 4) is 0 Å². The molecule has 110 valence electrons. The number of rotatable bonds is 3. The topological polar surface area (TPSA) is 49.0 Å². The Kier molecular flexibility index (Phi) is 3.73. The van der Waals surface area contributed by atoms with Gasteiger partial charge in [0.15, 0.2) is 0 Å². The first kappa shape index (κ1) is 13.8. The van der Waals surface area contributed by atoms with Crippen molar-refractivity contribution in [2.24, 2.45) is 5.92 Å². The van der Waals surface area contributed by atoms with Gasteiger partial charge in [-0.2, -0.15) is 5.10 Å². The Morgan fingerprint density at radius 3 is 3.10 bits per heavy atom. The first-order valence-corrected chi connectivity index (χ1v) is 7.16. The molecule has 1 aliphatic heterocycles. The molecule has 1 aromatic heterocycles. The standard InChI is InChI=1S/C16H18FN3O/c1-11-6-12(2-3-15(11)17)7-13-4-5-20(10-13)16(21)14-8-18-19-9-14/h2-3,6,8-9,13H,4-5,7,10H2,1H3,(H,18,19). The maximum absolute atomic E-state index is 13.3. The Balaban J connectivity index is 1.62. The van der Waals surface area contributed by atoms with E-state index in [9.17, 15) is 9.18 Å². The zero-order valence-corrected chi connectivity index (χ0v) is 12.0. The molecule has 1 saturated heterocycles. The third-order valence-electron chi connectivity index (χ3n) is 4.06. The third-order valence-corrected chi connectivity index (χ3v) is 4.06. The molecule has 1 amide bonds. The molecule has 0 bridgehead atoms. The highest BCUT2D eigenvalue weighted by Crippen LogP contribution is 2.23. The lowest BCUT2D eigenvalue weighted by Crippen LogP contribution is -2.28. The fourth-order valence-corrected chi connectivity index (χ4v) is 2.90. The van der Waals surface area contributed by atoms with E-state index in [0.29, 0.717) is 17.0 Å². The van der Waals surface area contributed by atoms with Crippen molar-refractivity contribution in [1.29, 1.82) is 0 Å². The zero-order chi connectivity index (χ0) is 14.8. The number of benzene rings is 1. The van der Waals surface area contributed by atoms with Gasteiger partial charge in [-0.15, -0.1) is 0 Å². The van der Waals surface area contributed by atoms with Gasteiger partial charge in [-0.05, 0) is 42.9 Å². The summed E-state index contributed by atoms with van der Waals surface area (Å²) in [6.07, 6.45) is 5.05. The molecule has 0 saturated carbocycles. The molecule has 4 nitrogen and oxygen atoms in total. The number of hydrogen-bond donors (Lipinski definition) is 1. The summed E-state index contributed by atoms with van der Waals surface area (Å²) >= 11 is 0. The van der Waals surface area contributed by atoms with Gasteiger partial charge >= 0.3 is 0 Å². The van der Waals surface area contributed by atoms with Crippen molar-refractivity contribution >= 4 is 5.91 Å². The van der Waals surface area contributed by atoms with Crippen molar-refractivity contribution in [3.63, 3.8) is 0 Å². The van der Waals surface area contributed by atoms with Gasteiger partial charge in [0.25, 0.3) is 5.91 Å². The number of nitrogens with one attached hydrogen (secondary N) is 1. The summed E-state index contributed by atoms with van der Waals surface area (Å²) in [6.45, 7) is 3.30. The molecule has 1 aliphatic rings. The van der Waals surface area contributed by atoms with E-state index in [4.69, 9.17) is 0 Å². The number of hydrogen-bond acceptors (Lipinski definition) is 2. The van der Waals surface area contributed by atoms with Crippen LogP contribution in [0.1, 0.15) is 27.9 Å². The molecule has 1 atom stereocenters. The highest BCUT2D eigenvalue weighted by atomic mass is 19.1. The summed E-state index contributed by atoms with van der Waals surface area (Å²) in [7, 11) is 0. The van der Waals surface area contributed by atoms with Crippen LogP contribution in [-0.2, 0) is 6.42 Å². The molecule has 2 heterocycles. The van der Waals surface area contributed by atoms with Crippen LogP contribution in [0.4, 0.5) is 4.39 Å². The molecule has 0 aliphatic carbocycles. The van der Waals surface area contributed by atoms with Crippen LogP contribution in [0, 0.1) is 18.7 Å². The Morgan fingerprint density at radius 1 is 1.52 bits per heavy atom. The van der Waals surface area contributed by atoms with E-state index >= 15 is 0 Å². The maximum Gasteiger partial charge on any atom is 0.257 e. The van der Waals surface area contributed by atoms with Crippen LogP contribution in [0.2, 0.25) is 0 Å². The van der Waals surface area contributed by atoms with Gasteiger partial charge < -0.3 is 4.90 Å². The second-order valence-electron chi connectivity index (χ2n) is 5.68. The van der Waals surface area contributed by atoms with Gasteiger partial charge in [-0.3, -0.25) is 9.89 Å². The monoisotopic (exact) mass is 287 g/mol. The predicted molar refractivity (Wildman–Crippen MR) is 77.4 cm³/mol. The number of carbonyl (C=O) groups is 1. The van der Waals surface area contributed by atoms with E-state index in [-0.39, 0.29) is 11.7 Å². The van der Waals surface area contributed by atoms with E-state index in [1.54, 1.807) is 19.3 Å². The highest BCUT2D eigenvalue weighted by Gasteiger charge is 2.27. The number of carbonyl (C=O) groups excluding carboxylic acids is 1. The van der Waals surface area contributed by atoms with E-state index in [1.807, 2.05) is 17.0 Å². The summed E-state index contributed by atoms with van der Waals surface area (Å²) in [6, 6.07) is 5.26. The predicted octanol–water partition coefficient (Wildman–Crippen LogP) is 2.56. The lowest BCUT2D eigenvalue weighted by Gasteiger charge is -2.15. The van der Waals surface area contributed by atoms with E-state index < -0.39 is 0 Å². The van der Waals surface area contributed by atoms with Gasteiger partial charge in [0.2, 0.25) is 0 Å². The molecule has 1 N–H and O–H groups in total. The van der Waals surface area contributed by atoms with Crippen LogP contribution in [0.3, 0.4) is 0 Å². The quantitative estimate of drug-likeness (QED) is 0.943. The van der Waals surface area contributed by atoms with Gasteiger partial charge in [-0.1, -0.05) is 12.1 Å². The van der Waals surface area contributed by atoms with Gasteiger partial charge in [0.05, 0.1) is 11.8 Å². The first-order chi connectivity index (χ1) is 10.1. The Bertz CT molecular complexity index is 639. The van der Waals surface area contributed by atoms with Crippen LogP contribution in [0.5, 0.6) is 0 Å². The number of likely N-dealkylation sites (tertiary alicyclic amines) is 1. The average Bonchev–Trinajstić information content (AvgIpc) is 3.13. The van der Waals surface area contributed by atoms with Crippen molar-refractivity contribution in [3.05, 3.63) is 53.1 Å². The number of aromatic nitrogens is 2. The SMILES string of the molecule is Cc1cc(CC2CCN(C(=O)c3cn[nH]c3)C2)ccc1F. The summed E-state index contributed by atoms with van der Waals surface area (Å²) in [5, 5.41) is 6.48. The van der Waals surface area contributed by atoms with Crippen molar-refractivity contribution in [2.75, 3.05) is 13.1 Å². The molecule has 2 aromatic rings. The van der Waals surface area contributed by atoms with E-state index in [1.165, 1.54) is 6.07 Å². The number of H-pyrrole nitrogens is 1. The summed E-state index contributed by atoms with van der Waals surface area (Å²) in [5.74, 6) is 0.300. The third kappa shape index (κ3) is 2.96. The van der Waals surface area contributed by atoms with Crippen LogP contribution in [0.25, 0.3) is 0 Å². The summed E-state index contributed by atoms with van der Waals surface area (Å²) < 4.78 is 13.3. The van der Waals surface area contributed by atoms with Gasteiger partial charge in [-0.25, -0.2) is 4.39 Å². The smallest absolute Gasteiger partial charge is 0.257 e. The maximum atomic E-state index is 13.3. The minimum absolute atomic E-state index is 0.0292. The normalized spacial score (nSPS) is 18.2. The van der Waals surface area contributed by atoms with Gasteiger partial charge in [0, 0.05) is 19.3 Å². The summed E-state index contributed by atoms with van der Waals surface area (Å²) in [5.41, 5.74) is 2.42.